The molecule has 8 heteroatoms. The van der Waals surface area contributed by atoms with E-state index in [0.29, 0.717) is 24.5 Å². The zero-order valence-electron chi connectivity index (χ0n) is 21.6. The number of carbonyl (C=O) groups excluding carboxylic acids is 2. The van der Waals surface area contributed by atoms with Crippen LogP contribution in [0.4, 0.5) is 0 Å². The maximum atomic E-state index is 14.0. The van der Waals surface area contributed by atoms with Crippen molar-refractivity contribution in [1.82, 2.24) is 14.8 Å². The van der Waals surface area contributed by atoms with Crippen molar-refractivity contribution in [2.45, 2.75) is 25.0 Å². The lowest BCUT2D eigenvalue weighted by atomic mass is 9.85. The van der Waals surface area contributed by atoms with Crippen molar-refractivity contribution >= 4 is 22.7 Å². The fraction of sp³-hybridized carbons (Fsp3) is 0.267. The smallest absolute Gasteiger partial charge is 0.246 e. The monoisotopic (exact) mass is 511 g/mol. The van der Waals surface area contributed by atoms with Crippen molar-refractivity contribution in [3.8, 4) is 17.2 Å². The molecule has 1 saturated heterocycles. The number of aromatic amines is 1. The molecular formula is C30H29N3O5. The number of piperazine rings is 1. The normalized spacial score (nSPS) is 18.8. The molecule has 1 N–H and O–H groups in total. The van der Waals surface area contributed by atoms with Gasteiger partial charge in [0.2, 0.25) is 11.8 Å². The minimum Gasteiger partial charge on any atom is -0.497 e. The number of rotatable bonds is 6. The van der Waals surface area contributed by atoms with Crippen LogP contribution >= 0.6 is 0 Å². The van der Waals surface area contributed by atoms with Gasteiger partial charge in [0.1, 0.15) is 24.4 Å². The average molecular weight is 512 g/mol. The van der Waals surface area contributed by atoms with E-state index in [2.05, 4.69) is 11.1 Å². The summed E-state index contributed by atoms with van der Waals surface area (Å²) in [6.45, 7) is 0.354. The van der Waals surface area contributed by atoms with Crippen LogP contribution in [-0.2, 0) is 22.6 Å². The summed E-state index contributed by atoms with van der Waals surface area (Å²) in [5.41, 5.74) is 4.63. The first-order valence-electron chi connectivity index (χ1n) is 12.6. The maximum Gasteiger partial charge on any atom is 0.246 e. The zero-order chi connectivity index (χ0) is 26.4. The summed E-state index contributed by atoms with van der Waals surface area (Å²) in [6.07, 6.45) is 0.436. The van der Waals surface area contributed by atoms with Gasteiger partial charge in [-0.2, -0.15) is 0 Å². The molecule has 1 aromatic heterocycles. The summed E-state index contributed by atoms with van der Waals surface area (Å²) in [7, 11) is 4.80. The van der Waals surface area contributed by atoms with E-state index < -0.39 is 12.1 Å². The molecule has 0 aliphatic carbocycles. The predicted molar refractivity (Wildman–Crippen MR) is 142 cm³/mol. The zero-order valence-corrected chi connectivity index (χ0v) is 21.6. The summed E-state index contributed by atoms with van der Waals surface area (Å²) in [5.74, 6) is 1.69. The van der Waals surface area contributed by atoms with Crippen LogP contribution in [0.2, 0.25) is 0 Å². The van der Waals surface area contributed by atoms with E-state index >= 15 is 0 Å². The molecule has 0 bridgehead atoms. The SMILES string of the molecule is COc1ccc(CN2CC(=O)N3[C@@H](c4cccc(OC)c4OC)c4[nH]c5ccccc5c4C[C@H]3C2=O)cc1. The molecule has 1 fully saturated rings. The van der Waals surface area contributed by atoms with Crippen LogP contribution in [0.15, 0.2) is 66.7 Å². The van der Waals surface area contributed by atoms with Gasteiger partial charge in [0.05, 0.1) is 21.3 Å². The molecule has 0 spiro atoms. The van der Waals surface area contributed by atoms with E-state index in [0.717, 1.165) is 39.0 Å². The van der Waals surface area contributed by atoms with Gasteiger partial charge in [0.25, 0.3) is 0 Å². The van der Waals surface area contributed by atoms with Crippen molar-refractivity contribution in [2.24, 2.45) is 0 Å². The van der Waals surface area contributed by atoms with Gasteiger partial charge in [-0.3, -0.25) is 9.59 Å². The molecule has 2 amide bonds. The number of carbonyl (C=O) groups is 2. The number of methoxy groups -OCH3 is 3. The Hall–Kier alpha value is -4.46. The van der Waals surface area contributed by atoms with Crippen LogP contribution in [0.25, 0.3) is 10.9 Å². The van der Waals surface area contributed by atoms with Gasteiger partial charge in [-0.25, -0.2) is 0 Å². The highest BCUT2D eigenvalue weighted by atomic mass is 16.5. The van der Waals surface area contributed by atoms with E-state index in [-0.39, 0.29) is 18.4 Å². The summed E-state index contributed by atoms with van der Waals surface area (Å²) in [6, 6.07) is 20.1. The van der Waals surface area contributed by atoms with Crippen LogP contribution in [0.1, 0.15) is 28.4 Å². The number of nitrogens with zero attached hydrogens (tertiary/aromatic N) is 2. The van der Waals surface area contributed by atoms with Gasteiger partial charge in [0, 0.05) is 35.1 Å². The molecule has 2 aliphatic heterocycles. The van der Waals surface area contributed by atoms with Crippen LogP contribution in [0.3, 0.4) is 0 Å². The minimum atomic E-state index is -0.637. The summed E-state index contributed by atoms with van der Waals surface area (Å²) < 4.78 is 16.6. The molecule has 3 heterocycles. The topological polar surface area (TPSA) is 84.1 Å². The van der Waals surface area contributed by atoms with Gasteiger partial charge in [-0.05, 0) is 35.4 Å². The molecule has 38 heavy (non-hydrogen) atoms. The highest BCUT2D eigenvalue weighted by molar-refractivity contribution is 5.97. The average Bonchev–Trinajstić information content (AvgIpc) is 3.33. The fourth-order valence-corrected chi connectivity index (χ4v) is 5.86. The number of hydrogen-bond acceptors (Lipinski definition) is 5. The summed E-state index contributed by atoms with van der Waals surface area (Å²) in [4.78, 5) is 34.8. The third-order valence-electron chi connectivity index (χ3n) is 7.60. The van der Waals surface area contributed by atoms with E-state index in [9.17, 15) is 9.59 Å². The number of para-hydroxylation sites is 2. The van der Waals surface area contributed by atoms with E-state index in [1.54, 1.807) is 31.1 Å². The lowest BCUT2D eigenvalue weighted by molar-refractivity contribution is -0.159. The minimum absolute atomic E-state index is 0.000289. The number of fused-ring (bicyclic) bond motifs is 4. The number of hydrogen-bond donors (Lipinski definition) is 1. The lowest BCUT2D eigenvalue weighted by Gasteiger charge is -2.47. The third kappa shape index (κ3) is 3.75. The molecule has 8 nitrogen and oxygen atoms in total. The first-order chi connectivity index (χ1) is 18.5. The fourth-order valence-electron chi connectivity index (χ4n) is 5.86. The molecule has 2 aliphatic rings. The highest BCUT2D eigenvalue weighted by Gasteiger charge is 2.49. The number of aromatic nitrogens is 1. The second-order valence-corrected chi connectivity index (χ2v) is 9.61. The Kier molecular flexibility index (Phi) is 5.94. The van der Waals surface area contributed by atoms with Crippen molar-refractivity contribution in [3.05, 3.63) is 89.1 Å². The molecule has 3 aromatic carbocycles. The van der Waals surface area contributed by atoms with Crippen LogP contribution in [-0.4, -0.2) is 60.5 Å². The van der Waals surface area contributed by atoms with Gasteiger partial charge >= 0.3 is 0 Å². The second-order valence-electron chi connectivity index (χ2n) is 9.61. The number of nitrogens with one attached hydrogen (secondary N) is 1. The summed E-state index contributed by atoms with van der Waals surface area (Å²) in [5, 5.41) is 1.06. The number of H-pyrrole nitrogens is 1. The number of amides is 2. The first-order valence-corrected chi connectivity index (χ1v) is 12.6. The van der Waals surface area contributed by atoms with Crippen LogP contribution in [0.5, 0.6) is 17.2 Å². The molecule has 0 unspecified atom stereocenters. The largest absolute Gasteiger partial charge is 0.497 e. The van der Waals surface area contributed by atoms with Crippen LogP contribution < -0.4 is 14.2 Å². The van der Waals surface area contributed by atoms with E-state index in [4.69, 9.17) is 14.2 Å². The van der Waals surface area contributed by atoms with E-state index in [1.807, 2.05) is 60.7 Å². The standard InChI is InChI=1S/C30H29N3O5/c1-36-19-13-11-18(12-14-19)16-32-17-26(34)33-24(30(32)35)15-22-20-7-4-5-9-23(20)31-27(22)28(33)21-8-6-10-25(37-2)29(21)38-3/h4-14,24,28,31H,15-17H2,1-3H3/t24-,28-/m0/s1. The van der Waals surface area contributed by atoms with Gasteiger partial charge in [-0.1, -0.05) is 42.5 Å². The Morgan fingerprint density at radius 2 is 1.68 bits per heavy atom. The number of benzene rings is 3. The molecular weight excluding hydrogens is 482 g/mol. The lowest BCUT2D eigenvalue weighted by Crippen LogP contribution is -2.62. The Labute approximate surface area is 220 Å². The summed E-state index contributed by atoms with van der Waals surface area (Å²) >= 11 is 0. The van der Waals surface area contributed by atoms with Crippen molar-refractivity contribution in [2.75, 3.05) is 27.9 Å². The first kappa shape index (κ1) is 23.9. The molecule has 194 valence electrons. The number of ether oxygens (including phenoxy) is 3. The maximum absolute atomic E-state index is 14.0. The molecule has 4 aromatic rings. The van der Waals surface area contributed by atoms with Crippen molar-refractivity contribution in [1.29, 1.82) is 0 Å². The van der Waals surface area contributed by atoms with E-state index in [1.165, 1.54) is 0 Å². The van der Waals surface area contributed by atoms with Crippen LogP contribution in [0, 0.1) is 0 Å². The van der Waals surface area contributed by atoms with Gasteiger partial charge in [0.15, 0.2) is 11.5 Å². The highest BCUT2D eigenvalue weighted by Crippen LogP contribution is 2.47. The molecule has 2 atom stereocenters. The van der Waals surface area contributed by atoms with Gasteiger partial charge in [-0.15, -0.1) is 0 Å². The third-order valence-corrected chi connectivity index (χ3v) is 7.60. The Morgan fingerprint density at radius 3 is 2.42 bits per heavy atom. The Balaban J connectivity index is 1.46. The quantitative estimate of drug-likeness (QED) is 0.422. The predicted octanol–water partition coefficient (Wildman–Crippen LogP) is 4.08. The van der Waals surface area contributed by atoms with Gasteiger partial charge < -0.3 is 29.0 Å². The molecule has 6 rings (SSSR count). The second kappa shape index (κ2) is 9.45. The Morgan fingerprint density at radius 1 is 0.895 bits per heavy atom. The van der Waals surface area contributed by atoms with Crippen molar-refractivity contribution < 1.29 is 23.8 Å². The Bertz CT molecular complexity index is 1530. The molecule has 0 saturated carbocycles. The van der Waals surface area contributed by atoms with Crippen molar-refractivity contribution in [3.63, 3.8) is 0 Å². The molecule has 0 radical (unpaired) electrons.